The van der Waals surface area contributed by atoms with Crippen LogP contribution in [0, 0.1) is 11.8 Å². The minimum Gasteiger partial charge on any atom is -0.478 e. The fourth-order valence-corrected chi connectivity index (χ4v) is 3.98. The predicted octanol–water partition coefficient (Wildman–Crippen LogP) is 3.06. The molecule has 1 saturated carbocycles. The first kappa shape index (κ1) is 24.0. The van der Waals surface area contributed by atoms with Crippen molar-refractivity contribution >= 4 is 11.8 Å². The standard InChI is InChI=1S/C24H32O6/c1-30-16-18-8-6-7-17(13-18)14-19(25)11-12-21-20(22(26)15-23(21)27)9-4-2-3-5-10-24(28)29/h5-8,10-13,19-21,23,25,27H,2-4,9,14-16H2,1H3,(H,28,29)/b10-5+,12-11+/t19-,20+,21+,23+/m0/s1. The summed E-state index contributed by atoms with van der Waals surface area (Å²) in [4.78, 5) is 22.7. The van der Waals surface area contributed by atoms with Gasteiger partial charge in [-0.2, -0.15) is 0 Å². The minimum atomic E-state index is -0.960. The number of hydrogen-bond donors (Lipinski definition) is 3. The number of aliphatic carboxylic acids is 1. The van der Waals surface area contributed by atoms with Crippen LogP contribution in [0.2, 0.25) is 0 Å². The van der Waals surface area contributed by atoms with E-state index in [9.17, 15) is 19.8 Å². The van der Waals surface area contributed by atoms with Gasteiger partial charge in [0.2, 0.25) is 0 Å². The second-order valence-corrected chi connectivity index (χ2v) is 7.86. The number of benzene rings is 1. The third-order valence-electron chi connectivity index (χ3n) is 5.43. The third kappa shape index (κ3) is 7.86. The first-order chi connectivity index (χ1) is 14.4. The summed E-state index contributed by atoms with van der Waals surface area (Å²) in [6.45, 7) is 0.518. The molecule has 0 unspecified atom stereocenters. The van der Waals surface area contributed by atoms with Crippen LogP contribution in [0.1, 0.15) is 43.2 Å². The van der Waals surface area contributed by atoms with E-state index in [0.29, 0.717) is 25.9 Å². The van der Waals surface area contributed by atoms with Crippen LogP contribution < -0.4 is 0 Å². The summed E-state index contributed by atoms with van der Waals surface area (Å²) in [6, 6.07) is 7.85. The van der Waals surface area contributed by atoms with E-state index in [1.807, 2.05) is 24.3 Å². The second-order valence-electron chi connectivity index (χ2n) is 7.86. The number of aliphatic hydroxyl groups is 2. The highest BCUT2D eigenvalue weighted by Gasteiger charge is 2.39. The normalized spacial score (nSPS) is 22.9. The molecule has 30 heavy (non-hydrogen) atoms. The van der Waals surface area contributed by atoms with Crippen LogP contribution in [-0.2, 0) is 27.4 Å². The van der Waals surface area contributed by atoms with Crippen LogP contribution in [0.25, 0.3) is 0 Å². The van der Waals surface area contributed by atoms with Gasteiger partial charge < -0.3 is 20.1 Å². The molecule has 2 rings (SSSR count). The Morgan fingerprint density at radius 1 is 1.30 bits per heavy atom. The highest BCUT2D eigenvalue weighted by Crippen LogP contribution is 2.34. The first-order valence-electron chi connectivity index (χ1n) is 10.4. The van der Waals surface area contributed by atoms with Gasteiger partial charge in [-0.15, -0.1) is 0 Å². The number of carboxylic acids is 1. The zero-order chi connectivity index (χ0) is 21.9. The number of unbranched alkanes of at least 4 members (excludes halogenated alkanes) is 2. The van der Waals surface area contributed by atoms with E-state index in [1.165, 1.54) is 0 Å². The van der Waals surface area contributed by atoms with Gasteiger partial charge in [0.25, 0.3) is 0 Å². The molecule has 0 amide bonds. The van der Waals surface area contributed by atoms with Crippen molar-refractivity contribution in [3.8, 4) is 0 Å². The van der Waals surface area contributed by atoms with Gasteiger partial charge in [0.15, 0.2) is 0 Å². The monoisotopic (exact) mass is 416 g/mol. The van der Waals surface area contributed by atoms with Crippen LogP contribution in [0.5, 0.6) is 0 Å². The van der Waals surface area contributed by atoms with Gasteiger partial charge >= 0.3 is 5.97 Å². The van der Waals surface area contributed by atoms with Crippen LogP contribution in [0.4, 0.5) is 0 Å². The van der Waals surface area contributed by atoms with E-state index in [-0.39, 0.29) is 24.0 Å². The number of methoxy groups -OCH3 is 1. The number of allylic oxidation sites excluding steroid dienone is 1. The molecule has 0 heterocycles. The molecule has 1 aliphatic carbocycles. The van der Waals surface area contributed by atoms with E-state index in [4.69, 9.17) is 9.84 Å². The highest BCUT2D eigenvalue weighted by atomic mass is 16.5. The Kier molecular flexibility index (Phi) is 9.94. The Labute approximate surface area is 177 Å². The molecule has 6 nitrogen and oxygen atoms in total. The largest absolute Gasteiger partial charge is 0.478 e. The molecule has 3 N–H and O–H groups in total. The number of aliphatic hydroxyl groups excluding tert-OH is 2. The zero-order valence-electron chi connectivity index (χ0n) is 17.4. The van der Waals surface area contributed by atoms with Crippen LogP contribution in [0.3, 0.4) is 0 Å². The minimum absolute atomic E-state index is 0.0555. The number of hydrogen-bond acceptors (Lipinski definition) is 5. The molecule has 1 aliphatic rings. The summed E-state index contributed by atoms with van der Waals surface area (Å²) in [5.74, 6) is -1.45. The maximum atomic E-state index is 12.3. The molecular weight excluding hydrogens is 384 g/mol. The van der Waals surface area contributed by atoms with E-state index >= 15 is 0 Å². The number of ether oxygens (including phenoxy) is 1. The van der Waals surface area contributed by atoms with Crippen molar-refractivity contribution in [2.75, 3.05) is 7.11 Å². The first-order valence-corrected chi connectivity index (χ1v) is 10.4. The topological polar surface area (TPSA) is 104 Å². The second kappa shape index (κ2) is 12.4. The van der Waals surface area contributed by atoms with E-state index in [1.54, 1.807) is 25.3 Å². The lowest BCUT2D eigenvalue weighted by Crippen LogP contribution is -2.19. The fourth-order valence-electron chi connectivity index (χ4n) is 3.98. The lowest BCUT2D eigenvalue weighted by Gasteiger charge is -2.18. The van der Waals surface area contributed by atoms with Crippen LogP contribution >= 0.6 is 0 Å². The maximum Gasteiger partial charge on any atom is 0.327 e. The van der Waals surface area contributed by atoms with Crippen LogP contribution in [0.15, 0.2) is 48.6 Å². The summed E-state index contributed by atoms with van der Waals surface area (Å²) in [5.41, 5.74) is 2.04. The Balaban J connectivity index is 1.88. The number of rotatable bonds is 12. The van der Waals surface area contributed by atoms with Gasteiger partial charge in [-0.25, -0.2) is 4.79 Å². The lowest BCUT2D eigenvalue weighted by atomic mass is 9.88. The quantitative estimate of drug-likeness (QED) is 0.275. The zero-order valence-corrected chi connectivity index (χ0v) is 17.4. The number of Topliss-reactive ketones (excluding diaryl/α,β-unsaturated/α-hetero) is 1. The van der Waals surface area contributed by atoms with Gasteiger partial charge in [-0.1, -0.05) is 48.9 Å². The molecule has 0 aliphatic heterocycles. The average Bonchev–Trinajstić information content (AvgIpc) is 2.95. The van der Waals surface area contributed by atoms with Gasteiger partial charge in [-0.05, 0) is 30.4 Å². The summed E-state index contributed by atoms with van der Waals surface area (Å²) >= 11 is 0. The SMILES string of the molecule is COCc1cccc(C[C@@H](O)/C=C/[C@H]2[C@H](O)CC(=O)[C@@H]2CCCC/C=C/C(=O)O)c1. The molecule has 0 saturated heterocycles. The van der Waals surface area contributed by atoms with Gasteiger partial charge in [0, 0.05) is 37.9 Å². The van der Waals surface area contributed by atoms with Gasteiger partial charge in [0.1, 0.15) is 5.78 Å². The van der Waals surface area contributed by atoms with E-state index in [0.717, 1.165) is 30.0 Å². The van der Waals surface area contributed by atoms with Crippen molar-refractivity contribution in [2.45, 2.75) is 57.3 Å². The summed E-state index contributed by atoms with van der Waals surface area (Å²) < 4.78 is 5.13. The smallest absolute Gasteiger partial charge is 0.327 e. The summed E-state index contributed by atoms with van der Waals surface area (Å²) in [7, 11) is 1.64. The third-order valence-corrected chi connectivity index (χ3v) is 5.43. The lowest BCUT2D eigenvalue weighted by molar-refractivity contribution is -0.131. The van der Waals surface area contributed by atoms with Crippen molar-refractivity contribution in [2.24, 2.45) is 11.8 Å². The summed E-state index contributed by atoms with van der Waals surface area (Å²) in [5, 5.41) is 29.3. The molecule has 164 valence electrons. The summed E-state index contributed by atoms with van der Waals surface area (Å²) in [6.07, 6.45) is 8.26. The number of carboxylic acid groups (broad SMARTS) is 1. The molecule has 0 bridgehead atoms. The highest BCUT2D eigenvalue weighted by molar-refractivity contribution is 5.84. The molecule has 1 fully saturated rings. The fraction of sp³-hybridized carbons (Fsp3) is 0.500. The van der Waals surface area contributed by atoms with Crippen molar-refractivity contribution in [3.63, 3.8) is 0 Å². The molecule has 4 atom stereocenters. The molecule has 6 heteroatoms. The Bertz CT molecular complexity index is 754. The maximum absolute atomic E-state index is 12.3. The molecular formula is C24H32O6. The molecule has 0 spiro atoms. The van der Waals surface area contributed by atoms with Crippen molar-refractivity contribution in [1.29, 1.82) is 0 Å². The molecule has 1 aromatic rings. The number of carbonyl (C=O) groups excluding carboxylic acids is 1. The Morgan fingerprint density at radius 3 is 2.80 bits per heavy atom. The van der Waals surface area contributed by atoms with Crippen molar-refractivity contribution in [1.82, 2.24) is 0 Å². The van der Waals surface area contributed by atoms with E-state index in [2.05, 4.69) is 0 Å². The Morgan fingerprint density at radius 2 is 2.07 bits per heavy atom. The molecule has 1 aromatic carbocycles. The number of ketones is 1. The van der Waals surface area contributed by atoms with Crippen LogP contribution in [-0.4, -0.2) is 46.4 Å². The predicted molar refractivity (Wildman–Crippen MR) is 114 cm³/mol. The van der Waals surface area contributed by atoms with Gasteiger partial charge in [-0.3, -0.25) is 4.79 Å². The number of carbonyl (C=O) groups is 2. The van der Waals surface area contributed by atoms with E-state index < -0.39 is 18.2 Å². The molecule has 0 radical (unpaired) electrons. The van der Waals surface area contributed by atoms with Crippen molar-refractivity contribution < 1.29 is 29.6 Å². The Hall–Kier alpha value is -2.28. The van der Waals surface area contributed by atoms with Gasteiger partial charge in [0.05, 0.1) is 18.8 Å². The van der Waals surface area contributed by atoms with Crippen molar-refractivity contribution in [3.05, 3.63) is 59.7 Å². The molecule has 0 aromatic heterocycles. The average molecular weight is 417 g/mol.